The van der Waals surface area contributed by atoms with Crippen molar-refractivity contribution in [1.29, 1.82) is 0 Å². The molecule has 8 heteroatoms. The number of guanidine groups is 1. The van der Waals surface area contributed by atoms with Crippen LogP contribution in [0.1, 0.15) is 33.6 Å². The SMILES string of the molecule is CN=C(N)NCCC[C@H](NC(=O)OC(C)(C)C)C(=O)O. The molecule has 0 unspecified atom stereocenters. The molecule has 0 rings (SSSR count). The van der Waals surface area contributed by atoms with Crippen molar-refractivity contribution in [2.75, 3.05) is 13.6 Å². The highest BCUT2D eigenvalue weighted by Crippen LogP contribution is 2.07. The number of carbonyl (C=O) groups is 2. The summed E-state index contributed by atoms with van der Waals surface area (Å²) in [6, 6.07) is -0.994. The number of amides is 1. The first-order valence-corrected chi connectivity index (χ1v) is 6.34. The van der Waals surface area contributed by atoms with E-state index < -0.39 is 23.7 Å². The largest absolute Gasteiger partial charge is 0.480 e. The lowest BCUT2D eigenvalue weighted by Crippen LogP contribution is -2.44. The Morgan fingerprint density at radius 2 is 2.00 bits per heavy atom. The van der Waals surface area contributed by atoms with Crippen molar-refractivity contribution < 1.29 is 19.4 Å². The van der Waals surface area contributed by atoms with Crippen molar-refractivity contribution >= 4 is 18.0 Å². The molecule has 0 radical (unpaired) electrons. The standard InChI is InChI=1S/C12H24N4O4/c1-12(2,3)20-11(19)16-8(9(17)18)6-5-7-15-10(13)14-4/h8H,5-7H2,1-4H3,(H,16,19)(H,17,18)(H3,13,14,15)/t8-/m0/s1. The second-order valence-electron chi connectivity index (χ2n) is 5.21. The number of carbonyl (C=O) groups excluding carboxylic acids is 1. The number of ether oxygens (including phenoxy) is 1. The van der Waals surface area contributed by atoms with E-state index in [1.165, 1.54) is 0 Å². The quantitative estimate of drug-likeness (QED) is 0.316. The molecule has 0 bridgehead atoms. The number of rotatable bonds is 6. The Bertz CT molecular complexity index is 363. The zero-order valence-corrected chi connectivity index (χ0v) is 12.4. The van der Waals surface area contributed by atoms with Gasteiger partial charge < -0.3 is 26.2 Å². The smallest absolute Gasteiger partial charge is 0.408 e. The number of nitrogens with zero attached hydrogens (tertiary/aromatic N) is 1. The summed E-state index contributed by atoms with van der Waals surface area (Å²) in [5.74, 6) is -0.815. The topological polar surface area (TPSA) is 126 Å². The molecule has 0 aromatic heterocycles. The molecular formula is C12H24N4O4. The van der Waals surface area contributed by atoms with Gasteiger partial charge in [0.15, 0.2) is 5.96 Å². The van der Waals surface area contributed by atoms with Gasteiger partial charge in [-0.25, -0.2) is 9.59 Å². The first-order valence-electron chi connectivity index (χ1n) is 6.34. The van der Waals surface area contributed by atoms with E-state index in [1.807, 2.05) is 0 Å². The number of nitrogens with two attached hydrogens (primary N) is 1. The van der Waals surface area contributed by atoms with Crippen LogP contribution < -0.4 is 16.4 Å². The molecule has 0 heterocycles. The Morgan fingerprint density at radius 1 is 1.40 bits per heavy atom. The van der Waals surface area contributed by atoms with E-state index in [9.17, 15) is 9.59 Å². The number of hydrogen-bond donors (Lipinski definition) is 4. The second kappa shape index (κ2) is 8.23. The summed E-state index contributed by atoms with van der Waals surface area (Å²) in [6.45, 7) is 5.60. The van der Waals surface area contributed by atoms with Gasteiger partial charge in [0.2, 0.25) is 0 Å². The van der Waals surface area contributed by atoms with Crippen LogP contribution in [0.5, 0.6) is 0 Å². The maximum atomic E-state index is 11.5. The van der Waals surface area contributed by atoms with E-state index in [0.29, 0.717) is 13.0 Å². The van der Waals surface area contributed by atoms with Crippen LogP contribution in [0.25, 0.3) is 0 Å². The average Bonchev–Trinajstić information content (AvgIpc) is 2.29. The molecule has 0 saturated heterocycles. The maximum absolute atomic E-state index is 11.5. The molecule has 0 aliphatic heterocycles. The molecule has 0 fully saturated rings. The highest BCUT2D eigenvalue weighted by atomic mass is 16.6. The predicted octanol–water partition coefficient (Wildman–Crippen LogP) is 0.279. The van der Waals surface area contributed by atoms with Gasteiger partial charge in [-0.15, -0.1) is 0 Å². The summed E-state index contributed by atoms with van der Waals surface area (Å²) in [5.41, 5.74) is 4.77. The zero-order chi connectivity index (χ0) is 15.8. The number of aliphatic imine (C=N–C) groups is 1. The van der Waals surface area contributed by atoms with E-state index in [2.05, 4.69) is 15.6 Å². The van der Waals surface area contributed by atoms with Gasteiger partial charge in [-0.1, -0.05) is 0 Å². The van der Waals surface area contributed by atoms with Gasteiger partial charge in [-0.05, 0) is 33.6 Å². The summed E-state index contributed by atoms with van der Waals surface area (Å²) < 4.78 is 5.01. The molecule has 0 aliphatic carbocycles. The van der Waals surface area contributed by atoms with E-state index in [-0.39, 0.29) is 12.4 Å². The van der Waals surface area contributed by atoms with Crippen LogP contribution in [0, 0.1) is 0 Å². The minimum atomic E-state index is -1.10. The molecule has 116 valence electrons. The monoisotopic (exact) mass is 288 g/mol. The van der Waals surface area contributed by atoms with Gasteiger partial charge >= 0.3 is 12.1 Å². The third-order valence-corrected chi connectivity index (χ3v) is 2.21. The first kappa shape index (κ1) is 18.0. The number of aliphatic carboxylic acids is 1. The molecule has 0 aromatic carbocycles. The number of carboxylic acids is 1. The fraction of sp³-hybridized carbons (Fsp3) is 0.750. The highest BCUT2D eigenvalue weighted by Gasteiger charge is 2.23. The zero-order valence-electron chi connectivity index (χ0n) is 12.4. The van der Waals surface area contributed by atoms with Crippen molar-refractivity contribution in [2.45, 2.75) is 45.3 Å². The molecule has 0 spiro atoms. The van der Waals surface area contributed by atoms with E-state index in [1.54, 1.807) is 27.8 Å². The maximum Gasteiger partial charge on any atom is 0.408 e. The van der Waals surface area contributed by atoms with Gasteiger partial charge in [0.25, 0.3) is 0 Å². The third kappa shape index (κ3) is 9.01. The van der Waals surface area contributed by atoms with Crippen LogP contribution in [0.3, 0.4) is 0 Å². The van der Waals surface area contributed by atoms with E-state index in [0.717, 1.165) is 0 Å². The number of carboxylic acid groups (broad SMARTS) is 1. The highest BCUT2D eigenvalue weighted by molar-refractivity contribution is 5.80. The Balaban J connectivity index is 4.18. The van der Waals surface area contributed by atoms with Crippen LogP contribution in [0.4, 0.5) is 4.79 Å². The van der Waals surface area contributed by atoms with Crippen molar-refractivity contribution in [3.05, 3.63) is 0 Å². The number of nitrogens with one attached hydrogen (secondary N) is 2. The van der Waals surface area contributed by atoms with Crippen molar-refractivity contribution in [2.24, 2.45) is 10.7 Å². The van der Waals surface area contributed by atoms with Gasteiger partial charge in [-0.2, -0.15) is 0 Å². The fourth-order valence-corrected chi connectivity index (χ4v) is 1.31. The van der Waals surface area contributed by atoms with Crippen LogP contribution in [-0.2, 0) is 9.53 Å². The Labute approximate surface area is 118 Å². The lowest BCUT2D eigenvalue weighted by atomic mass is 10.1. The van der Waals surface area contributed by atoms with Crippen LogP contribution in [0.2, 0.25) is 0 Å². The third-order valence-electron chi connectivity index (χ3n) is 2.21. The van der Waals surface area contributed by atoms with Crippen LogP contribution in [-0.4, -0.2) is 48.4 Å². The summed E-state index contributed by atoms with van der Waals surface area (Å²) >= 11 is 0. The van der Waals surface area contributed by atoms with Gasteiger partial charge in [0.05, 0.1) is 0 Å². The van der Waals surface area contributed by atoms with E-state index >= 15 is 0 Å². The molecule has 20 heavy (non-hydrogen) atoms. The van der Waals surface area contributed by atoms with Crippen LogP contribution >= 0.6 is 0 Å². The Morgan fingerprint density at radius 3 is 2.45 bits per heavy atom. The van der Waals surface area contributed by atoms with Crippen molar-refractivity contribution in [1.82, 2.24) is 10.6 Å². The summed E-state index contributed by atoms with van der Waals surface area (Å²) in [6.07, 6.45) is 0.0363. The minimum absolute atomic E-state index is 0.262. The number of hydrogen-bond acceptors (Lipinski definition) is 4. The van der Waals surface area contributed by atoms with Crippen LogP contribution in [0.15, 0.2) is 4.99 Å². The lowest BCUT2D eigenvalue weighted by Gasteiger charge is -2.22. The fourth-order valence-electron chi connectivity index (χ4n) is 1.31. The molecule has 1 amide bonds. The molecule has 0 aliphatic rings. The first-order chi connectivity index (χ1) is 9.15. The van der Waals surface area contributed by atoms with Gasteiger partial charge in [0.1, 0.15) is 11.6 Å². The molecule has 8 nitrogen and oxygen atoms in total. The van der Waals surface area contributed by atoms with Crippen molar-refractivity contribution in [3.63, 3.8) is 0 Å². The molecule has 0 aromatic rings. The van der Waals surface area contributed by atoms with Crippen molar-refractivity contribution in [3.8, 4) is 0 Å². The second-order valence-corrected chi connectivity index (χ2v) is 5.21. The molecular weight excluding hydrogens is 264 g/mol. The number of alkyl carbamates (subject to hydrolysis) is 1. The lowest BCUT2D eigenvalue weighted by molar-refractivity contribution is -0.139. The summed E-state index contributed by atoms with van der Waals surface area (Å²) in [5, 5.41) is 14.2. The Kier molecular flexibility index (Phi) is 7.42. The molecule has 0 saturated carbocycles. The summed E-state index contributed by atoms with van der Waals surface area (Å²) in [4.78, 5) is 26.3. The van der Waals surface area contributed by atoms with E-state index in [4.69, 9.17) is 15.6 Å². The normalized spacial score (nSPS) is 13.5. The predicted molar refractivity (Wildman–Crippen MR) is 75.6 cm³/mol. The van der Waals surface area contributed by atoms with Gasteiger partial charge in [-0.3, -0.25) is 4.99 Å². The summed E-state index contributed by atoms with van der Waals surface area (Å²) in [7, 11) is 1.55. The average molecular weight is 288 g/mol. The minimum Gasteiger partial charge on any atom is -0.480 e. The van der Waals surface area contributed by atoms with Gasteiger partial charge in [0, 0.05) is 13.6 Å². The molecule has 1 atom stereocenters. The molecule has 5 N–H and O–H groups in total. The Hall–Kier alpha value is -1.99.